The topological polar surface area (TPSA) is 40.5 Å². The van der Waals surface area contributed by atoms with E-state index in [9.17, 15) is 9.90 Å². The molecule has 2 rings (SSSR count). The molecule has 0 aliphatic carbocycles. The molecule has 3 heteroatoms. The van der Waals surface area contributed by atoms with Crippen LogP contribution in [0.25, 0.3) is 0 Å². The van der Waals surface area contributed by atoms with Gasteiger partial charge in [-0.2, -0.15) is 0 Å². The minimum Gasteiger partial charge on any atom is -0.391 e. The summed E-state index contributed by atoms with van der Waals surface area (Å²) in [6.07, 6.45) is -0.210. The van der Waals surface area contributed by atoms with E-state index in [1.165, 1.54) is 0 Å². The van der Waals surface area contributed by atoms with Crippen LogP contribution in [-0.2, 0) is 11.3 Å². The second kappa shape index (κ2) is 3.80. The highest BCUT2D eigenvalue weighted by molar-refractivity contribution is 5.78. The molecule has 0 bridgehead atoms. The van der Waals surface area contributed by atoms with Crippen LogP contribution in [0.15, 0.2) is 30.3 Å². The van der Waals surface area contributed by atoms with Gasteiger partial charge in [-0.3, -0.25) is 4.79 Å². The van der Waals surface area contributed by atoms with E-state index >= 15 is 0 Å². The second-order valence-corrected chi connectivity index (χ2v) is 3.62. The van der Waals surface area contributed by atoms with E-state index in [0.29, 0.717) is 13.1 Å². The molecule has 14 heavy (non-hydrogen) atoms. The van der Waals surface area contributed by atoms with Crippen LogP contribution < -0.4 is 0 Å². The molecule has 1 amide bonds. The standard InChI is InChI=1S/C11H13NO2/c13-10-6-11(14)12(8-10)7-9-4-2-1-3-5-9/h1-5,10,13H,6-8H2/t10-/m1/s1. The van der Waals surface area contributed by atoms with Crippen molar-refractivity contribution in [3.05, 3.63) is 35.9 Å². The number of aliphatic hydroxyl groups is 1. The lowest BCUT2D eigenvalue weighted by Gasteiger charge is -2.15. The number of hydrogen-bond acceptors (Lipinski definition) is 2. The first kappa shape index (κ1) is 9.21. The van der Waals surface area contributed by atoms with Gasteiger partial charge in [0.1, 0.15) is 0 Å². The first-order chi connectivity index (χ1) is 6.75. The molecule has 0 unspecified atom stereocenters. The molecule has 0 aromatic heterocycles. The first-order valence-electron chi connectivity index (χ1n) is 4.75. The van der Waals surface area contributed by atoms with Crippen molar-refractivity contribution in [3.8, 4) is 0 Å². The molecule has 1 aliphatic heterocycles. The van der Waals surface area contributed by atoms with Gasteiger partial charge in [0.25, 0.3) is 0 Å². The van der Waals surface area contributed by atoms with Gasteiger partial charge in [0.05, 0.1) is 12.5 Å². The summed E-state index contributed by atoms with van der Waals surface area (Å²) in [5.41, 5.74) is 1.11. The van der Waals surface area contributed by atoms with Crippen molar-refractivity contribution in [3.63, 3.8) is 0 Å². The van der Waals surface area contributed by atoms with E-state index in [0.717, 1.165) is 5.56 Å². The molecule has 1 atom stereocenters. The summed E-state index contributed by atoms with van der Waals surface area (Å²) in [4.78, 5) is 13.0. The van der Waals surface area contributed by atoms with Crippen LogP contribution in [0, 0.1) is 0 Å². The van der Waals surface area contributed by atoms with E-state index < -0.39 is 6.10 Å². The van der Waals surface area contributed by atoms with Crippen LogP contribution in [0.2, 0.25) is 0 Å². The molecule has 0 saturated carbocycles. The van der Waals surface area contributed by atoms with E-state index in [1.54, 1.807) is 4.90 Å². The Hall–Kier alpha value is -1.35. The third-order valence-corrected chi connectivity index (χ3v) is 2.41. The van der Waals surface area contributed by atoms with Gasteiger partial charge < -0.3 is 10.0 Å². The third kappa shape index (κ3) is 1.93. The Kier molecular flexibility index (Phi) is 2.50. The molecule has 0 radical (unpaired) electrons. The van der Waals surface area contributed by atoms with Crippen LogP contribution in [0.1, 0.15) is 12.0 Å². The van der Waals surface area contributed by atoms with E-state index in [4.69, 9.17) is 0 Å². The average molecular weight is 191 g/mol. The van der Waals surface area contributed by atoms with Crippen LogP contribution in [0.3, 0.4) is 0 Å². The summed E-state index contributed by atoms with van der Waals surface area (Å²) in [5, 5.41) is 9.29. The van der Waals surface area contributed by atoms with Gasteiger partial charge in [-0.25, -0.2) is 0 Å². The van der Waals surface area contributed by atoms with Gasteiger partial charge in [-0.05, 0) is 5.56 Å². The Bertz CT molecular complexity index is 323. The van der Waals surface area contributed by atoms with E-state index in [1.807, 2.05) is 30.3 Å². The minimum atomic E-state index is -0.480. The number of nitrogens with zero attached hydrogens (tertiary/aromatic N) is 1. The number of likely N-dealkylation sites (tertiary alicyclic amines) is 1. The zero-order valence-corrected chi connectivity index (χ0v) is 7.89. The summed E-state index contributed by atoms with van der Waals surface area (Å²) in [6.45, 7) is 1.07. The normalized spacial score (nSPS) is 21.6. The van der Waals surface area contributed by atoms with Crippen LogP contribution in [0.5, 0.6) is 0 Å². The average Bonchev–Trinajstić information content (AvgIpc) is 2.47. The molecular formula is C11H13NO2. The number of carbonyl (C=O) groups is 1. The summed E-state index contributed by atoms with van der Waals surface area (Å²) in [7, 11) is 0. The lowest BCUT2D eigenvalue weighted by molar-refractivity contribution is -0.128. The number of amides is 1. The molecule has 0 spiro atoms. The Morgan fingerprint density at radius 2 is 2.07 bits per heavy atom. The highest BCUT2D eigenvalue weighted by Gasteiger charge is 2.27. The van der Waals surface area contributed by atoms with Crippen molar-refractivity contribution in [2.75, 3.05) is 6.54 Å². The monoisotopic (exact) mass is 191 g/mol. The highest BCUT2D eigenvalue weighted by atomic mass is 16.3. The summed E-state index contributed by atoms with van der Waals surface area (Å²) in [5.74, 6) is 0.0429. The summed E-state index contributed by atoms with van der Waals surface area (Å²) in [6, 6.07) is 9.82. The smallest absolute Gasteiger partial charge is 0.225 e. The van der Waals surface area contributed by atoms with Crippen LogP contribution in [-0.4, -0.2) is 28.6 Å². The van der Waals surface area contributed by atoms with Gasteiger partial charge in [0.2, 0.25) is 5.91 Å². The molecule has 1 N–H and O–H groups in total. The van der Waals surface area contributed by atoms with Gasteiger partial charge >= 0.3 is 0 Å². The predicted octanol–water partition coefficient (Wildman–Crippen LogP) is 0.780. The van der Waals surface area contributed by atoms with Crippen molar-refractivity contribution in [2.24, 2.45) is 0 Å². The van der Waals surface area contributed by atoms with Crippen molar-refractivity contribution in [1.29, 1.82) is 0 Å². The Morgan fingerprint density at radius 1 is 1.36 bits per heavy atom. The number of benzene rings is 1. The Labute approximate surface area is 83.0 Å². The highest BCUT2D eigenvalue weighted by Crippen LogP contribution is 2.14. The molecule has 1 aromatic carbocycles. The molecular weight excluding hydrogens is 178 g/mol. The lowest BCUT2D eigenvalue weighted by Crippen LogP contribution is -2.25. The maximum atomic E-state index is 11.4. The molecule has 1 aromatic rings. The Morgan fingerprint density at radius 3 is 2.64 bits per heavy atom. The van der Waals surface area contributed by atoms with Gasteiger partial charge in [-0.15, -0.1) is 0 Å². The molecule has 1 fully saturated rings. The zero-order chi connectivity index (χ0) is 9.97. The minimum absolute atomic E-state index is 0.0429. The van der Waals surface area contributed by atoms with Crippen LogP contribution in [0.4, 0.5) is 0 Å². The lowest BCUT2D eigenvalue weighted by atomic mass is 10.2. The van der Waals surface area contributed by atoms with Crippen molar-refractivity contribution < 1.29 is 9.90 Å². The molecule has 74 valence electrons. The molecule has 1 aliphatic rings. The van der Waals surface area contributed by atoms with E-state index in [2.05, 4.69) is 0 Å². The zero-order valence-electron chi connectivity index (χ0n) is 7.89. The fraction of sp³-hybridized carbons (Fsp3) is 0.364. The van der Waals surface area contributed by atoms with Crippen molar-refractivity contribution >= 4 is 5.91 Å². The summed E-state index contributed by atoms with van der Waals surface area (Å²) >= 11 is 0. The SMILES string of the molecule is O=C1C[C@@H](O)CN1Cc1ccccc1. The predicted molar refractivity (Wildman–Crippen MR) is 52.5 cm³/mol. The number of β-amino-alcohol motifs (C(OH)–C–C–N with tert-alkyl or cyclic N) is 1. The van der Waals surface area contributed by atoms with Gasteiger partial charge in [0.15, 0.2) is 0 Å². The summed E-state index contributed by atoms with van der Waals surface area (Å²) < 4.78 is 0. The largest absolute Gasteiger partial charge is 0.391 e. The Balaban J connectivity index is 2.02. The quantitative estimate of drug-likeness (QED) is 0.750. The molecule has 3 nitrogen and oxygen atoms in total. The number of carbonyl (C=O) groups excluding carboxylic acids is 1. The van der Waals surface area contributed by atoms with Crippen molar-refractivity contribution in [2.45, 2.75) is 19.1 Å². The van der Waals surface area contributed by atoms with Gasteiger partial charge in [0, 0.05) is 13.1 Å². The maximum absolute atomic E-state index is 11.4. The van der Waals surface area contributed by atoms with Gasteiger partial charge in [-0.1, -0.05) is 30.3 Å². The second-order valence-electron chi connectivity index (χ2n) is 3.62. The number of hydrogen-bond donors (Lipinski definition) is 1. The molecule has 1 saturated heterocycles. The molecule has 1 heterocycles. The number of aliphatic hydroxyl groups excluding tert-OH is 1. The third-order valence-electron chi connectivity index (χ3n) is 2.41. The fourth-order valence-electron chi connectivity index (χ4n) is 1.71. The van der Waals surface area contributed by atoms with Crippen LogP contribution >= 0.6 is 0 Å². The first-order valence-corrected chi connectivity index (χ1v) is 4.75. The fourth-order valence-corrected chi connectivity index (χ4v) is 1.71. The van der Waals surface area contributed by atoms with Crippen molar-refractivity contribution in [1.82, 2.24) is 4.90 Å². The maximum Gasteiger partial charge on any atom is 0.225 e. The number of rotatable bonds is 2. The van der Waals surface area contributed by atoms with E-state index in [-0.39, 0.29) is 12.3 Å².